The predicted molar refractivity (Wildman–Crippen MR) is 160 cm³/mol. The first-order chi connectivity index (χ1) is 18.9. The van der Waals surface area contributed by atoms with Crippen LogP contribution < -0.4 is 11.1 Å². The Morgan fingerprint density at radius 1 is 0.949 bits per heavy atom. The van der Waals surface area contributed by atoms with Gasteiger partial charge in [0.15, 0.2) is 0 Å². The van der Waals surface area contributed by atoms with E-state index in [1.807, 2.05) is 39.8 Å². The van der Waals surface area contributed by atoms with E-state index < -0.39 is 4.92 Å². The summed E-state index contributed by atoms with van der Waals surface area (Å²) in [5.41, 5.74) is 11.1. The van der Waals surface area contributed by atoms with Crippen molar-refractivity contribution in [2.45, 2.75) is 72.2 Å². The van der Waals surface area contributed by atoms with Crippen LogP contribution in [0.15, 0.2) is 66.7 Å². The zero-order valence-electron chi connectivity index (χ0n) is 23.6. The molecular formula is C31H44N4O4. The van der Waals surface area contributed by atoms with Gasteiger partial charge in [-0.3, -0.25) is 15.0 Å². The van der Waals surface area contributed by atoms with E-state index in [2.05, 4.69) is 46.6 Å². The second kappa shape index (κ2) is 16.5. The van der Waals surface area contributed by atoms with Crippen LogP contribution in [-0.2, 0) is 19.5 Å². The normalized spacial score (nSPS) is 16.8. The minimum atomic E-state index is -0.436. The van der Waals surface area contributed by atoms with Gasteiger partial charge < -0.3 is 21.3 Å². The number of piperidine rings is 1. The zero-order chi connectivity index (χ0) is 28.8. The number of nitrogen functional groups attached to an aromatic ring is 1. The highest BCUT2D eigenvalue weighted by Crippen LogP contribution is 2.27. The molecule has 0 aliphatic carbocycles. The molecule has 0 saturated carbocycles. The van der Waals surface area contributed by atoms with Crippen molar-refractivity contribution >= 4 is 17.1 Å². The Bertz CT molecular complexity index is 1140. The second-order valence-corrected chi connectivity index (χ2v) is 9.18. The molecule has 3 aromatic rings. The van der Waals surface area contributed by atoms with Crippen LogP contribution in [0.25, 0.3) is 0 Å². The Balaban J connectivity index is 0.00000127. The molecule has 5 N–H and O–H groups in total. The molecule has 1 aliphatic rings. The predicted octanol–water partition coefficient (Wildman–Crippen LogP) is 5.75. The lowest BCUT2D eigenvalue weighted by molar-refractivity contribution is -0.383. The fourth-order valence-corrected chi connectivity index (χ4v) is 4.53. The lowest BCUT2D eigenvalue weighted by Gasteiger charge is -2.36. The van der Waals surface area contributed by atoms with Crippen molar-refractivity contribution in [3.63, 3.8) is 0 Å². The summed E-state index contributed by atoms with van der Waals surface area (Å²) in [5.74, 6) is 0. The fraction of sp³-hybridized carbons (Fsp3) is 0.419. The standard InChI is InChI=1S/C27H32N4O4.2C2H6/c28-23-9-10-26(27(14-23)31(34)35)29-16-21-5-1-19(2-6-21)13-20-3-7-22(8-4-20)17-30-12-11-25(33)15-24(30)18-32;2*1-2/h1-10,14,24-25,29,32-33H,11-13,15-18,28H2;2*1-2H3. The summed E-state index contributed by atoms with van der Waals surface area (Å²) in [6.45, 7) is 10.1. The number of nitro groups is 1. The van der Waals surface area contributed by atoms with Crippen LogP contribution in [0.4, 0.5) is 17.1 Å². The molecule has 39 heavy (non-hydrogen) atoms. The van der Waals surface area contributed by atoms with Gasteiger partial charge in [-0.2, -0.15) is 0 Å². The van der Waals surface area contributed by atoms with E-state index in [9.17, 15) is 20.3 Å². The number of likely N-dealkylation sites (tertiary alicyclic amines) is 1. The van der Waals surface area contributed by atoms with Crippen LogP contribution in [0.5, 0.6) is 0 Å². The van der Waals surface area contributed by atoms with E-state index in [-0.39, 0.29) is 24.4 Å². The lowest BCUT2D eigenvalue weighted by atomic mass is 9.98. The Morgan fingerprint density at radius 2 is 1.51 bits per heavy atom. The summed E-state index contributed by atoms with van der Waals surface area (Å²) in [4.78, 5) is 13.1. The maximum absolute atomic E-state index is 11.3. The average molecular weight is 537 g/mol. The van der Waals surface area contributed by atoms with E-state index in [0.717, 1.165) is 31.5 Å². The maximum Gasteiger partial charge on any atom is 0.294 e. The summed E-state index contributed by atoms with van der Waals surface area (Å²) in [6, 6.07) is 21.4. The van der Waals surface area contributed by atoms with Crippen molar-refractivity contribution in [2.24, 2.45) is 0 Å². The highest BCUT2D eigenvalue weighted by molar-refractivity contribution is 5.66. The number of nitro benzene ring substituents is 1. The summed E-state index contributed by atoms with van der Waals surface area (Å²) >= 11 is 0. The number of anilines is 2. The molecule has 8 heteroatoms. The van der Waals surface area contributed by atoms with Crippen LogP contribution in [0.2, 0.25) is 0 Å². The molecule has 0 bridgehead atoms. The Hall–Kier alpha value is -3.46. The molecule has 1 fully saturated rings. The number of nitrogens with one attached hydrogen (secondary N) is 1. The molecule has 1 saturated heterocycles. The Labute approximate surface area is 232 Å². The molecule has 2 unspecified atom stereocenters. The molecule has 4 rings (SSSR count). The number of aliphatic hydroxyl groups is 2. The van der Waals surface area contributed by atoms with Crippen LogP contribution in [0, 0.1) is 10.1 Å². The number of rotatable bonds is 9. The highest BCUT2D eigenvalue weighted by Gasteiger charge is 2.26. The van der Waals surface area contributed by atoms with Gasteiger partial charge in [0.2, 0.25) is 0 Å². The van der Waals surface area contributed by atoms with E-state index in [4.69, 9.17) is 5.73 Å². The minimum absolute atomic E-state index is 0.0117. The number of aliphatic hydroxyl groups excluding tert-OH is 2. The summed E-state index contributed by atoms with van der Waals surface area (Å²) in [6.07, 6.45) is 1.87. The number of hydrogen-bond acceptors (Lipinski definition) is 7. The molecule has 8 nitrogen and oxygen atoms in total. The van der Waals surface area contributed by atoms with Crippen LogP contribution in [-0.4, -0.2) is 45.3 Å². The van der Waals surface area contributed by atoms with Crippen molar-refractivity contribution in [3.05, 3.63) is 99.1 Å². The number of benzene rings is 3. The Kier molecular flexibility index (Phi) is 13.4. The van der Waals surface area contributed by atoms with E-state index in [1.54, 1.807) is 12.1 Å². The van der Waals surface area contributed by atoms with E-state index >= 15 is 0 Å². The average Bonchev–Trinajstić information content (AvgIpc) is 2.97. The third-order valence-corrected chi connectivity index (χ3v) is 6.56. The lowest BCUT2D eigenvalue weighted by Crippen LogP contribution is -2.45. The minimum Gasteiger partial charge on any atom is -0.399 e. The molecular weight excluding hydrogens is 492 g/mol. The molecule has 0 radical (unpaired) electrons. The van der Waals surface area contributed by atoms with Crippen molar-refractivity contribution in [3.8, 4) is 0 Å². The number of hydrogen-bond donors (Lipinski definition) is 4. The van der Waals surface area contributed by atoms with Crippen molar-refractivity contribution in [2.75, 3.05) is 24.2 Å². The van der Waals surface area contributed by atoms with Crippen LogP contribution >= 0.6 is 0 Å². The van der Waals surface area contributed by atoms with Gasteiger partial charge in [0.05, 0.1) is 17.6 Å². The first kappa shape index (κ1) is 31.8. The van der Waals surface area contributed by atoms with E-state index in [0.29, 0.717) is 24.3 Å². The molecule has 0 amide bonds. The van der Waals surface area contributed by atoms with Gasteiger partial charge in [0.1, 0.15) is 5.69 Å². The van der Waals surface area contributed by atoms with Crippen molar-refractivity contribution in [1.29, 1.82) is 0 Å². The first-order valence-electron chi connectivity index (χ1n) is 13.9. The molecule has 3 aromatic carbocycles. The zero-order valence-corrected chi connectivity index (χ0v) is 23.6. The summed E-state index contributed by atoms with van der Waals surface area (Å²) < 4.78 is 0. The van der Waals surface area contributed by atoms with Gasteiger partial charge in [-0.05, 0) is 53.6 Å². The van der Waals surface area contributed by atoms with Gasteiger partial charge in [-0.1, -0.05) is 76.2 Å². The van der Waals surface area contributed by atoms with Gasteiger partial charge >= 0.3 is 0 Å². The van der Waals surface area contributed by atoms with Crippen LogP contribution in [0.1, 0.15) is 62.8 Å². The van der Waals surface area contributed by atoms with Gasteiger partial charge in [-0.15, -0.1) is 0 Å². The third kappa shape index (κ3) is 9.66. The molecule has 0 aromatic heterocycles. The fourth-order valence-electron chi connectivity index (χ4n) is 4.53. The quantitative estimate of drug-likeness (QED) is 0.156. The van der Waals surface area contributed by atoms with Gasteiger partial charge in [-0.25, -0.2) is 0 Å². The SMILES string of the molecule is CC.CC.Nc1ccc(NCc2ccc(Cc3ccc(CN4CCC(O)CC4CO)cc3)cc2)c([N+](=O)[O-])c1. The van der Waals surface area contributed by atoms with Gasteiger partial charge in [0, 0.05) is 37.4 Å². The molecule has 0 spiro atoms. The Morgan fingerprint density at radius 3 is 2.08 bits per heavy atom. The van der Waals surface area contributed by atoms with Crippen molar-refractivity contribution in [1.82, 2.24) is 4.90 Å². The largest absolute Gasteiger partial charge is 0.399 e. The molecule has 2 atom stereocenters. The monoisotopic (exact) mass is 536 g/mol. The highest BCUT2D eigenvalue weighted by atomic mass is 16.6. The van der Waals surface area contributed by atoms with Gasteiger partial charge in [0.25, 0.3) is 5.69 Å². The molecule has 212 valence electrons. The topological polar surface area (TPSA) is 125 Å². The smallest absolute Gasteiger partial charge is 0.294 e. The number of nitrogens with zero attached hydrogens (tertiary/aromatic N) is 2. The van der Waals surface area contributed by atoms with Crippen LogP contribution in [0.3, 0.4) is 0 Å². The summed E-state index contributed by atoms with van der Waals surface area (Å²) in [7, 11) is 0. The number of nitrogens with two attached hydrogens (primary N) is 1. The first-order valence-corrected chi connectivity index (χ1v) is 13.9. The second-order valence-electron chi connectivity index (χ2n) is 9.18. The molecule has 1 aliphatic heterocycles. The summed E-state index contributed by atoms with van der Waals surface area (Å²) in [5, 5.41) is 33.9. The van der Waals surface area contributed by atoms with E-state index in [1.165, 1.54) is 22.8 Å². The molecule has 1 heterocycles. The third-order valence-electron chi connectivity index (χ3n) is 6.56. The maximum atomic E-state index is 11.3. The van der Waals surface area contributed by atoms with Crippen molar-refractivity contribution < 1.29 is 15.1 Å².